The Hall–Kier alpha value is -2.96. The number of likely N-dealkylation sites (tertiary alicyclic amines) is 1. The van der Waals surface area contributed by atoms with E-state index >= 15 is 0 Å². The molecule has 2 aromatic rings. The smallest absolute Gasteiger partial charge is 0.271 e. The van der Waals surface area contributed by atoms with Crippen LogP contribution in [-0.4, -0.2) is 44.4 Å². The van der Waals surface area contributed by atoms with E-state index in [4.69, 9.17) is 16.1 Å². The second kappa shape index (κ2) is 8.19. The molecule has 7 heteroatoms. The molecule has 0 aromatic carbocycles. The van der Waals surface area contributed by atoms with E-state index in [0.717, 1.165) is 34.6 Å². The third-order valence-electron chi connectivity index (χ3n) is 5.40. The monoisotopic (exact) mass is 394 g/mol. The maximum absolute atomic E-state index is 12.7. The third-order valence-corrected chi connectivity index (χ3v) is 5.40. The van der Waals surface area contributed by atoms with Crippen LogP contribution in [0.3, 0.4) is 0 Å². The van der Waals surface area contributed by atoms with Crippen LogP contribution in [0.1, 0.15) is 43.3 Å². The van der Waals surface area contributed by atoms with Gasteiger partial charge in [0.2, 0.25) is 0 Å². The Labute approximate surface area is 172 Å². The van der Waals surface area contributed by atoms with Crippen molar-refractivity contribution in [2.45, 2.75) is 40.0 Å². The number of amides is 1. The quantitative estimate of drug-likeness (QED) is 0.761. The van der Waals surface area contributed by atoms with Crippen LogP contribution in [-0.2, 0) is 11.8 Å². The molecule has 3 heterocycles. The van der Waals surface area contributed by atoms with E-state index in [0.29, 0.717) is 18.8 Å². The molecule has 0 bridgehead atoms. The number of aryl methyl sites for hydroxylation is 3. The van der Waals surface area contributed by atoms with Gasteiger partial charge in [-0.1, -0.05) is 13.8 Å². The van der Waals surface area contributed by atoms with Crippen molar-refractivity contribution in [1.82, 2.24) is 19.7 Å². The first kappa shape index (κ1) is 20.8. The molecule has 7 nitrogen and oxygen atoms in total. The van der Waals surface area contributed by atoms with Crippen molar-refractivity contribution in [2.24, 2.45) is 18.7 Å². The van der Waals surface area contributed by atoms with Crippen molar-refractivity contribution in [1.29, 1.82) is 5.41 Å². The van der Waals surface area contributed by atoms with Gasteiger partial charge >= 0.3 is 0 Å². The summed E-state index contributed by atoms with van der Waals surface area (Å²) in [5.41, 5.74) is 11.5. The normalized spacial score (nSPS) is 17.2. The molecule has 3 rings (SSSR count). The Morgan fingerprint density at radius 2 is 2.07 bits per heavy atom. The molecule has 1 atom stereocenters. The standard InChI is InChI=1S/C22H30N6O/c1-13(2)19(23)10-20(24)22(29)28-7-6-16(11-28)21-9-17(8-14(3)25-21)18-12-27(5)26-15(18)4/h8-10,12-13,16,24H,6-7,11,23H2,1-5H3. The number of hydrogen-bond donors (Lipinski definition) is 2. The topological polar surface area (TPSA) is 101 Å². The highest BCUT2D eigenvalue weighted by atomic mass is 16.2. The summed E-state index contributed by atoms with van der Waals surface area (Å²) in [6, 6.07) is 4.18. The Balaban J connectivity index is 1.78. The van der Waals surface area contributed by atoms with Gasteiger partial charge in [0.15, 0.2) is 0 Å². The van der Waals surface area contributed by atoms with Gasteiger partial charge in [0, 0.05) is 54.9 Å². The van der Waals surface area contributed by atoms with E-state index in [1.54, 1.807) is 4.90 Å². The lowest BCUT2D eigenvalue weighted by Crippen LogP contribution is -2.34. The Morgan fingerprint density at radius 1 is 1.34 bits per heavy atom. The van der Waals surface area contributed by atoms with E-state index in [2.05, 4.69) is 17.2 Å². The fourth-order valence-electron chi connectivity index (χ4n) is 3.69. The van der Waals surface area contributed by atoms with Gasteiger partial charge in [0.05, 0.1) is 5.69 Å². The molecule has 1 amide bonds. The van der Waals surface area contributed by atoms with Gasteiger partial charge in [0.25, 0.3) is 5.91 Å². The maximum Gasteiger partial charge on any atom is 0.271 e. The maximum atomic E-state index is 12.7. The van der Waals surface area contributed by atoms with Gasteiger partial charge in [-0.3, -0.25) is 19.9 Å². The van der Waals surface area contributed by atoms with Crippen molar-refractivity contribution >= 4 is 11.6 Å². The lowest BCUT2D eigenvalue weighted by Gasteiger charge is -2.17. The Morgan fingerprint density at radius 3 is 2.69 bits per heavy atom. The first-order chi connectivity index (χ1) is 13.7. The SMILES string of the molecule is Cc1cc(-c2cn(C)nc2C)cc(C2CCN(C(=O)C(=N)C=C(N)C(C)C)C2)n1. The van der Waals surface area contributed by atoms with Crippen LogP contribution < -0.4 is 5.73 Å². The highest BCUT2D eigenvalue weighted by Gasteiger charge is 2.30. The van der Waals surface area contributed by atoms with Crippen molar-refractivity contribution in [2.75, 3.05) is 13.1 Å². The molecule has 29 heavy (non-hydrogen) atoms. The summed E-state index contributed by atoms with van der Waals surface area (Å²) in [4.78, 5) is 19.1. The average Bonchev–Trinajstić information content (AvgIpc) is 3.26. The van der Waals surface area contributed by atoms with Crippen LogP contribution in [0.25, 0.3) is 11.1 Å². The number of allylic oxidation sites excluding steroid dienone is 1. The van der Waals surface area contributed by atoms with Crippen LogP contribution in [0.15, 0.2) is 30.1 Å². The molecular formula is C22H30N6O. The number of nitrogens with two attached hydrogens (primary N) is 1. The minimum atomic E-state index is -0.271. The van der Waals surface area contributed by atoms with Crippen molar-refractivity contribution in [3.8, 4) is 11.1 Å². The molecule has 0 spiro atoms. The predicted octanol–water partition coefficient (Wildman–Crippen LogP) is 2.93. The molecule has 154 valence electrons. The highest BCUT2D eigenvalue weighted by Crippen LogP contribution is 2.31. The van der Waals surface area contributed by atoms with E-state index < -0.39 is 0 Å². The van der Waals surface area contributed by atoms with E-state index in [1.807, 2.05) is 45.6 Å². The summed E-state index contributed by atoms with van der Waals surface area (Å²) in [7, 11) is 1.92. The van der Waals surface area contributed by atoms with Crippen LogP contribution in [0.2, 0.25) is 0 Å². The Bertz CT molecular complexity index is 972. The zero-order chi connectivity index (χ0) is 21.3. The van der Waals surface area contributed by atoms with Crippen molar-refractivity contribution in [3.05, 3.63) is 47.2 Å². The molecule has 0 radical (unpaired) electrons. The van der Waals surface area contributed by atoms with Crippen molar-refractivity contribution in [3.63, 3.8) is 0 Å². The third kappa shape index (κ3) is 4.55. The number of nitrogens with one attached hydrogen (secondary N) is 1. The van der Waals surface area contributed by atoms with Crippen LogP contribution in [0.5, 0.6) is 0 Å². The van der Waals surface area contributed by atoms with Gasteiger partial charge in [-0.2, -0.15) is 5.10 Å². The van der Waals surface area contributed by atoms with Gasteiger partial charge in [-0.25, -0.2) is 0 Å². The second-order valence-electron chi connectivity index (χ2n) is 8.17. The number of carbonyl (C=O) groups excluding carboxylic acids is 1. The van der Waals surface area contributed by atoms with Crippen LogP contribution in [0, 0.1) is 25.2 Å². The summed E-state index contributed by atoms with van der Waals surface area (Å²) in [5, 5.41) is 12.5. The predicted molar refractivity (Wildman–Crippen MR) is 115 cm³/mol. The molecule has 2 aromatic heterocycles. The van der Waals surface area contributed by atoms with Gasteiger partial charge < -0.3 is 10.6 Å². The molecular weight excluding hydrogens is 364 g/mol. The number of nitrogens with zero attached hydrogens (tertiary/aromatic N) is 4. The number of rotatable bonds is 5. The molecule has 3 N–H and O–H groups in total. The molecule has 1 saturated heterocycles. The zero-order valence-electron chi connectivity index (χ0n) is 17.9. The minimum Gasteiger partial charge on any atom is -0.402 e. The summed E-state index contributed by atoms with van der Waals surface area (Å²) < 4.78 is 1.82. The molecule has 1 aliphatic rings. The lowest BCUT2D eigenvalue weighted by molar-refractivity contribution is -0.123. The fourth-order valence-corrected chi connectivity index (χ4v) is 3.69. The largest absolute Gasteiger partial charge is 0.402 e. The Kier molecular flexibility index (Phi) is 5.86. The van der Waals surface area contributed by atoms with E-state index in [-0.39, 0.29) is 23.5 Å². The van der Waals surface area contributed by atoms with E-state index in [9.17, 15) is 4.79 Å². The molecule has 1 aliphatic heterocycles. The molecule has 0 aliphatic carbocycles. The zero-order valence-corrected chi connectivity index (χ0v) is 17.9. The second-order valence-corrected chi connectivity index (χ2v) is 8.17. The van der Waals surface area contributed by atoms with Crippen LogP contribution >= 0.6 is 0 Å². The number of carbonyl (C=O) groups is 1. The summed E-state index contributed by atoms with van der Waals surface area (Å²) in [6.07, 6.45) is 4.34. The number of pyridine rings is 1. The fraction of sp³-hybridized carbons (Fsp3) is 0.455. The number of hydrogen-bond acceptors (Lipinski definition) is 5. The first-order valence-electron chi connectivity index (χ1n) is 9.99. The average molecular weight is 395 g/mol. The summed E-state index contributed by atoms with van der Waals surface area (Å²) >= 11 is 0. The number of aromatic nitrogens is 3. The first-order valence-corrected chi connectivity index (χ1v) is 9.99. The van der Waals surface area contributed by atoms with Gasteiger partial charge in [-0.15, -0.1) is 0 Å². The lowest BCUT2D eigenvalue weighted by atomic mass is 9.99. The van der Waals surface area contributed by atoms with Gasteiger partial charge in [0.1, 0.15) is 5.71 Å². The molecule has 0 saturated carbocycles. The van der Waals surface area contributed by atoms with Gasteiger partial charge in [-0.05, 0) is 50.0 Å². The van der Waals surface area contributed by atoms with Crippen molar-refractivity contribution < 1.29 is 4.79 Å². The van der Waals surface area contributed by atoms with E-state index in [1.165, 1.54) is 6.08 Å². The minimum absolute atomic E-state index is 0.0549. The van der Waals surface area contributed by atoms with Crippen LogP contribution in [0.4, 0.5) is 0 Å². The summed E-state index contributed by atoms with van der Waals surface area (Å²) in [6.45, 7) is 9.08. The highest BCUT2D eigenvalue weighted by molar-refractivity contribution is 6.42. The summed E-state index contributed by atoms with van der Waals surface area (Å²) in [5.74, 6) is 0.00112. The molecule has 1 fully saturated rings. The molecule has 1 unspecified atom stereocenters.